The molecular formula is C20H34O3. The first-order valence-electron chi connectivity index (χ1n) is 9.41. The van der Waals surface area contributed by atoms with E-state index in [-0.39, 0.29) is 17.6 Å². The molecule has 0 bridgehead atoms. The summed E-state index contributed by atoms with van der Waals surface area (Å²) in [7, 11) is 0. The van der Waals surface area contributed by atoms with Crippen LogP contribution in [0.5, 0.6) is 0 Å². The zero-order chi connectivity index (χ0) is 17.0. The third-order valence-corrected chi connectivity index (χ3v) is 7.05. The first-order valence-corrected chi connectivity index (χ1v) is 9.41. The van der Waals surface area contributed by atoms with Crippen molar-refractivity contribution >= 4 is 0 Å². The Morgan fingerprint density at radius 3 is 2.52 bits per heavy atom. The fourth-order valence-corrected chi connectivity index (χ4v) is 5.34. The predicted octanol–water partition coefficient (Wildman–Crippen LogP) is 3.68. The molecule has 3 fully saturated rings. The van der Waals surface area contributed by atoms with E-state index in [1.54, 1.807) is 0 Å². The van der Waals surface area contributed by atoms with E-state index in [4.69, 9.17) is 4.74 Å². The summed E-state index contributed by atoms with van der Waals surface area (Å²) in [6.07, 6.45) is 5.12. The minimum Gasteiger partial charge on any atom is -0.390 e. The fourth-order valence-electron chi connectivity index (χ4n) is 5.34. The van der Waals surface area contributed by atoms with Crippen LogP contribution in [0.25, 0.3) is 0 Å². The number of hydrogen-bond acceptors (Lipinski definition) is 3. The van der Waals surface area contributed by atoms with Gasteiger partial charge in [0.05, 0.1) is 23.4 Å². The van der Waals surface area contributed by atoms with Crippen molar-refractivity contribution in [2.45, 2.75) is 89.6 Å². The Bertz CT molecular complexity index is 470. The molecule has 132 valence electrons. The lowest BCUT2D eigenvalue weighted by atomic mass is 9.58. The quantitative estimate of drug-likeness (QED) is 0.572. The predicted molar refractivity (Wildman–Crippen MR) is 92.1 cm³/mol. The molecule has 2 N–H and O–H groups in total. The van der Waals surface area contributed by atoms with Gasteiger partial charge in [0.1, 0.15) is 0 Å². The molecule has 0 unspecified atom stereocenters. The Hall–Kier alpha value is -0.380. The van der Waals surface area contributed by atoms with Gasteiger partial charge in [-0.3, -0.25) is 0 Å². The number of aliphatic hydroxyl groups excluding tert-OH is 1. The summed E-state index contributed by atoms with van der Waals surface area (Å²) in [5.41, 5.74) is 0.170. The first kappa shape index (κ1) is 17.4. The molecule has 2 saturated carbocycles. The maximum absolute atomic E-state index is 11.1. The van der Waals surface area contributed by atoms with Crippen LogP contribution in [0.4, 0.5) is 0 Å². The van der Waals surface area contributed by atoms with Crippen LogP contribution in [0.3, 0.4) is 0 Å². The van der Waals surface area contributed by atoms with Gasteiger partial charge >= 0.3 is 0 Å². The van der Waals surface area contributed by atoms with Crippen LogP contribution in [0, 0.1) is 23.7 Å². The van der Waals surface area contributed by atoms with Gasteiger partial charge in [-0.15, -0.1) is 0 Å². The molecule has 0 spiro atoms. The van der Waals surface area contributed by atoms with Gasteiger partial charge in [0, 0.05) is 0 Å². The van der Waals surface area contributed by atoms with E-state index in [1.165, 1.54) is 0 Å². The molecule has 7 atom stereocenters. The number of fused-ring (bicyclic) bond motifs is 3. The van der Waals surface area contributed by atoms with Gasteiger partial charge in [0.15, 0.2) is 0 Å². The highest BCUT2D eigenvalue weighted by Crippen LogP contribution is 2.57. The molecule has 1 heterocycles. The highest BCUT2D eigenvalue weighted by molar-refractivity contribution is 5.13. The molecular weight excluding hydrogens is 288 g/mol. The van der Waals surface area contributed by atoms with Gasteiger partial charge in [-0.1, -0.05) is 20.4 Å². The standard InChI is InChI=1S/C20H34O3/c1-12(2)14-8-10-19(4,22)15-7-6-13(3)16(21)9-11-20(5)18(23-20)17(14)15/h12,14-18,21-22H,3,6-11H2,1-2,4-5H3/t14-,15-,16+,17-,18-,19-,20+/m1/s1. The maximum Gasteiger partial charge on any atom is 0.0924 e. The van der Waals surface area contributed by atoms with E-state index in [9.17, 15) is 10.2 Å². The molecule has 0 amide bonds. The van der Waals surface area contributed by atoms with Crippen LogP contribution >= 0.6 is 0 Å². The molecule has 0 aromatic rings. The normalized spacial score (nSPS) is 51.1. The highest BCUT2D eigenvalue weighted by atomic mass is 16.6. The number of hydrogen-bond donors (Lipinski definition) is 2. The van der Waals surface area contributed by atoms with Gasteiger partial charge in [-0.25, -0.2) is 0 Å². The van der Waals surface area contributed by atoms with Gasteiger partial charge < -0.3 is 14.9 Å². The average Bonchev–Trinajstić information content (AvgIpc) is 3.13. The van der Waals surface area contributed by atoms with Gasteiger partial charge in [-0.2, -0.15) is 0 Å². The second-order valence-corrected chi connectivity index (χ2v) is 9.09. The molecule has 3 rings (SSSR count). The Balaban J connectivity index is 1.93. The van der Waals surface area contributed by atoms with Crippen molar-refractivity contribution in [3.8, 4) is 0 Å². The summed E-state index contributed by atoms with van der Waals surface area (Å²) in [5.74, 6) is 1.89. The summed E-state index contributed by atoms with van der Waals surface area (Å²) >= 11 is 0. The van der Waals surface area contributed by atoms with Crippen molar-refractivity contribution in [3.05, 3.63) is 12.2 Å². The van der Waals surface area contributed by atoms with Crippen molar-refractivity contribution in [1.29, 1.82) is 0 Å². The summed E-state index contributed by atoms with van der Waals surface area (Å²) in [6.45, 7) is 12.9. The Morgan fingerprint density at radius 1 is 1.17 bits per heavy atom. The van der Waals surface area contributed by atoms with E-state index in [1.807, 2.05) is 6.92 Å². The smallest absolute Gasteiger partial charge is 0.0924 e. The minimum atomic E-state index is -0.632. The molecule has 2 aliphatic carbocycles. The third kappa shape index (κ3) is 3.12. The first-order chi connectivity index (χ1) is 10.7. The average molecular weight is 322 g/mol. The van der Waals surface area contributed by atoms with Crippen molar-refractivity contribution < 1.29 is 14.9 Å². The lowest BCUT2D eigenvalue weighted by Gasteiger charge is -2.49. The summed E-state index contributed by atoms with van der Waals surface area (Å²) in [6, 6.07) is 0. The summed E-state index contributed by atoms with van der Waals surface area (Å²) in [4.78, 5) is 0. The number of rotatable bonds is 1. The zero-order valence-corrected chi connectivity index (χ0v) is 15.2. The Kier molecular flexibility index (Phi) is 4.44. The third-order valence-electron chi connectivity index (χ3n) is 7.05. The Labute approximate surface area is 141 Å². The van der Waals surface area contributed by atoms with Gasteiger partial charge in [0.25, 0.3) is 0 Å². The van der Waals surface area contributed by atoms with E-state index < -0.39 is 11.7 Å². The number of ether oxygens (including phenoxy) is 1. The van der Waals surface area contributed by atoms with Gasteiger partial charge in [-0.05, 0) is 81.6 Å². The monoisotopic (exact) mass is 322 g/mol. The molecule has 0 aromatic carbocycles. The van der Waals surface area contributed by atoms with E-state index >= 15 is 0 Å². The lowest BCUT2D eigenvalue weighted by Crippen LogP contribution is -2.50. The minimum absolute atomic E-state index is 0.123. The van der Waals surface area contributed by atoms with Crippen molar-refractivity contribution in [3.63, 3.8) is 0 Å². The molecule has 3 aliphatic rings. The molecule has 1 saturated heterocycles. The van der Waals surface area contributed by atoms with Crippen LogP contribution in [-0.4, -0.2) is 33.6 Å². The van der Waals surface area contributed by atoms with Crippen LogP contribution in [0.15, 0.2) is 12.2 Å². The molecule has 0 radical (unpaired) electrons. The highest BCUT2D eigenvalue weighted by Gasteiger charge is 2.62. The fraction of sp³-hybridized carbons (Fsp3) is 0.900. The zero-order valence-electron chi connectivity index (χ0n) is 15.2. The topological polar surface area (TPSA) is 53.0 Å². The van der Waals surface area contributed by atoms with Crippen LogP contribution in [0.2, 0.25) is 0 Å². The van der Waals surface area contributed by atoms with Crippen molar-refractivity contribution in [1.82, 2.24) is 0 Å². The SMILES string of the molecule is C=C1CC[C@@H]2[C@@H]([C@@H](C(C)C)CC[C@@]2(C)O)[C@H]2O[C@@]2(C)CC[C@@H]1O. The van der Waals surface area contributed by atoms with E-state index in [0.717, 1.165) is 44.1 Å². The Morgan fingerprint density at radius 2 is 1.87 bits per heavy atom. The van der Waals surface area contributed by atoms with Gasteiger partial charge in [0.2, 0.25) is 0 Å². The summed E-state index contributed by atoms with van der Waals surface area (Å²) in [5, 5.41) is 21.4. The lowest BCUT2D eigenvalue weighted by molar-refractivity contribution is -0.0977. The summed E-state index contributed by atoms with van der Waals surface area (Å²) < 4.78 is 6.21. The van der Waals surface area contributed by atoms with Crippen LogP contribution in [-0.2, 0) is 4.74 Å². The number of aliphatic hydroxyl groups is 2. The van der Waals surface area contributed by atoms with E-state index in [2.05, 4.69) is 27.4 Å². The second-order valence-electron chi connectivity index (χ2n) is 9.09. The largest absolute Gasteiger partial charge is 0.390 e. The van der Waals surface area contributed by atoms with Crippen LogP contribution < -0.4 is 0 Å². The second kappa shape index (κ2) is 5.86. The molecule has 3 heteroatoms. The number of epoxide rings is 1. The van der Waals surface area contributed by atoms with Crippen LogP contribution in [0.1, 0.15) is 66.2 Å². The van der Waals surface area contributed by atoms with Crippen molar-refractivity contribution in [2.24, 2.45) is 23.7 Å². The van der Waals surface area contributed by atoms with Crippen molar-refractivity contribution in [2.75, 3.05) is 0 Å². The molecule has 0 aromatic heterocycles. The maximum atomic E-state index is 11.1. The molecule has 23 heavy (non-hydrogen) atoms. The molecule has 1 aliphatic heterocycles. The van der Waals surface area contributed by atoms with E-state index in [0.29, 0.717) is 17.8 Å². The molecule has 3 nitrogen and oxygen atoms in total.